The fourth-order valence-electron chi connectivity index (χ4n) is 1.64. The number of rotatable bonds is 1. The van der Waals surface area contributed by atoms with Crippen molar-refractivity contribution in [2.75, 3.05) is 18.0 Å². The minimum atomic E-state index is 0. The minimum Gasteiger partial charge on any atom is -0.401 e. The van der Waals surface area contributed by atoms with Crippen LogP contribution in [0.3, 0.4) is 0 Å². The van der Waals surface area contributed by atoms with E-state index < -0.39 is 0 Å². The Labute approximate surface area is 113 Å². The molecule has 0 bridgehead atoms. The van der Waals surface area contributed by atoms with E-state index in [0.29, 0.717) is 0 Å². The Bertz CT molecular complexity index is 229. The molecule has 0 saturated carbocycles. The number of anilines is 1. The number of piperidine rings is 1. The standard InChI is InChI=1S/C11H14N.CH3.Y/c1-3-7-11(8-4-1)12-9-5-2-6-10-12;;/h1,3-5,7-8H,2,6,9-10H2;1H3;/q2*-1;. The molecule has 75 valence electrons. The van der Waals surface area contributed by atoms with Crippen molar-refractivity contribution in [2.45, 2.75) is 12.8 Å². The molecule has 0 N–H and O–H groups in total. The molecule has 1 heterocycles. The molecular formula is C12H17NY-2. The minimum absolute atomic E-state index is 0. The Morgan fingerprint density at radius 2 is 1.86 bits per heavy atom. The van der Waals surface area contributed by atoms with Crippen LogP contribution >= 0.6 is 0 Å². The summed E-state index contributed by atoms with van der Waals surface area (Å²) in [6.07, 6.45) is 4.94. The first kappa shape index (κ1) is 14.1. The van der Waals surface area contributed by atoms with Gasteiger partial charge in [-0.3, -0.25) is 0 Å². The third-order valence-electron chi connectivity index (χ3n) is 2.31. The molecule has 1 radical (unpaired) electrons. The molecule has 1 fully saturated rings. The molecule has 1 aromatic carbocycles. The van der Waals surface area contributed by atoms with Crippen molar-refractivity contribution in [1.82, 2.24) is 0 Å². The van der Waals surface area contributed by atoms with E-state index in [0.717, 1.165) is 6.54 Å². The molecule has 0 aliphatic carbocycles. The summed E-state index contributed by atoms with van der Waals surface area (Å²) in [5, 5.41) is 0. The average Bonchev–Trinajstić information content (AvgIpc) is 2.21. The Balaban J connectivity index is 0.000000845. The first-order valence-corrected chi connectivity index (χ1v) is 4.58. The molecule has 14 heavy (non-hydrogen) atoms. The average molecular weight is 264 g/mol. The third kappa shape index (κ3) is 3.70. The molecule has 1 aliphatic heterocycles. The van der Waals surface area contributed by atoms with E-state index in [1.54, 1.807) is 0 Å². The van der Waals surface area contributed by atoms with Gasteiger partial charge in [0, 0.05) is 44.9 Å². The van der Waals surface area contributed by atoms with Crippen molar-refractivity contribution in [3.05, 3.63) is 44.2 Å². The van der Waals surface area contributed by atoms with Gasteiger partial charge in [0.2, 0.25) is 0 Å². The third-order valence-corrected chi connectivity index (χ3v) is 2.31. The summed E-state index contributed by atoms with van der Waals surface area (Å²) >= 11 is 0. The zero-order chi connectivity index (χ0) is 8.23. The number of para-hydroxylation sites is 1. The Kier molecular flexibility index (Phi) is 7.49. The smallest absolute Gasteiger partial charge is 0.0341 e. The van der Waals surface area contributed by atoms with Crippen LogP contribution in [0.4, 0.5) is 5.69 Å². The fourth-order valence-corrected chi connectivity index (χ4v) is 1.64. The number of hydrogen-bond acceptors (Lipinski definition) is 1. The summed E-state index contributed by atoms with van der Waals surface area (Å²) in [5.74, 6) is 0. The van der Waals surface area contributed by atoms with Gasteiger partial charge in [-0.1, -0.05) is 24.6 Å². The van der Waals surface area contributed by atoms with E-state index >= 15 is 0 Å². The summed E-state index contributed by atoms with van der Waals surface area (Å²) in [7, 11) is 0. The van der Waals surface area contributed by atoms with E-state index in [1.165, 1.54) is 25.1 Å². The Morgan fingerprint density at radius 1 is 1.14 bits per heavy atom. The van der Waals surface area contributed by atoms with Gasteiger partial charge in [-0.05, 0) is 12.1 Å². The van der Waals surface area contributed by atoms with Gasteiger partial charge in [-0.15, -0.1) is 6.54 Å². The van der Waals surface area contributed by atoms with Gasteiger partial charge in [-0.25, -0.2) is 0 Å². The van der Waals surface area contributed by atoms with Crippen LogP contribution in [-0.4, -0.2) is 13.1 Å². The topological polar surface area (TPSA) is 3.24 Å². The van der Waals surface area contributed by atoms with Gasteiger partial charge in [-0.2, -0.15) is 6.42 Å². The van der Waals surface area contributed by atoms with E-state index in [1.807, 2.05) is 0 Å². The van der Waals surface area contributed by atoms with Crippen LogP contribution in [0.1, 0.15) is 12.8 Å². The summed E-state index contributed by atoms with van der Waals surface area (Å²) < 4.78 is 0. The molecule has 1 saturated heterocycles. The number of hydrogen-bond donors (Lipinski definition) is 0. The predicted octanol–water partition coefficient (Wildman–Crippen LogP) is 2.94. The quantitative estimate of drug-likeness (QED) is 0.705. The van der Waals surface area contributed by atoms with Crippen LogP contribution in [0.2, 0.25) is 0 Å². The van der Waals surface area contributed by atoms with Gasteiger partial charge in [0.05, 0.1) is 0 Å². The van der Waals surface area contributed by atoms with Crippen molar-refractivity contribution in [3.63, 3.8) is 0 Å². The molecule has 1 aliphatic rings. The molecular weight excluding hydrogens is 247 g/mol. The van der Waals surface area contributed by atoms with Crippen molar-refractivity contribution in [1.29, 1.82) is 0 Å². The van der Waals surface area contributed by atoms with E-state index in [4.69, 9.17) is 0 Å². The zero-order valence-electron chi connectivity index (χ0n) is 8.82. The van der Waals surface area contributed by atoms with Crippen LogP contribution in [-0.2, 0) is 32.7 Å². The second-order valence-electron chi connectivity index (χ2n) is 3.21. The maximum atomic E-state index is 2.42. The summed E-state index contributed by atoms with van der Waals surface area (Å²) in [6, 6.07) is 10.6. The molecule has 0 spiro atoms. The zero-order valence-corrected chi connectivity index (χ0v) is 11.7. The fraction of sp³-hybridized carbons (Fsp3) is 0.333. The van der Waals surface area contributed by atoms with Gasteiger partial charge < -0.3 is 18.7 Å². The van der Waals surface area contributed by atoms with Crippen molar-refractivity contribution < 1.29 is 32.7 Å². The SMILES string of the molecule is [CH3-].[Y].c1ccc(N2C[CH-]CCC2)cc1. The van der Waals surface area contributed by atoms with Crippen LogP contribution in [0, 0.1) is 13.8 Å². The van der Waals surface area contributed by atoms with Crippen LogP contribution < -0.4 is 4.90 Å². The van der Waals surface area contributed by atoms with Crippen LogP contribution in [0.5, 0.6) is 0 Å². The van der Waals surface area contributed by atoms with Gasteiger partial charge in [0.1, 0.15) is 0 Å². The second-order valence-corrected chi connectivity index (χ2v) is 3.21. The normalized spacial score (nSPS) is 15.3. The monoisotopic (exact) mass is 264 g/mol. The Hall–Kier alpha value is 0.124. The van der Waals surface area contributed by atoms with Crippen LogP contribution in [0.15, 0.2) is 30.3 Å². The van der Waals surface area contributed by atoms with Gasteiger partial charge in [0.15, 0.2) is 0 Å². The first-order chi connectivity index (χ1) is 5.97. The maximum Gasteiger partial charge on any atom is 0.0341 e. The molecule has 0 atom stereocenters. The van der Waals surface area contributed by atoms with Crippen LogP contribution in [0.25, 0.3) is 0 Å². The Morgan fingerprint density at radius 3 is 2.43 bits per heavy atom. The van der Waals surface area contributed by atoms with E-state index in [9.17, 15) is 0 Å². The maximum absolute atomic E-state index is 2.42. The van der Waals surface area contributed by atoms with Crippen molar-refractivity contribution >= 4 is 5.69 Å². The van der Waals surface area contributed by atoms with Gasteiger partial charge in [0.25, 0.3) is 0 Å². The molecule has 0 aromatic heterocycles. The summed E-state index contributed by atoms with van der Waals surface area (Å²) in [5.41, 5.74) is 1.36. The van der Waals surface area contributed by atoms with E-state index in [2.05, 4.69) is 41.7 Å². The molecule has 1 aromatic rings. The largest absolute Gasteiger partial charge is 0.401 e. The number of nitrogens with zero attached hydrogens (tertiary/aromatic N) is 1. The second kappa shape index (κ2) is 7.42. The molecule has 1 nitrogen and oxygen atoms in total. The number of benzene rings is 1. The summed E-state index contributed by atoms with van der Waals surface area (Å²) in [4.78, 5) is 2.42. The first-order valence-electron chi connectivity index (χ1n) is 4.58. The molecule has 0 amide bonds. The molecule has 0 unspecified atom stereocenters. The van der Waals surface area contributed by atoms with Crippen molar-refractivity contribution in [3.8, 4) is 0 Å². The molecule has 2 heteroatoms. The van der Waals surface area contributed by atoms with Crippen molar-refractivity contribution in [2.24, 2.45) is 0 Å². The predicted molar refractivity (Wildman–Crippen MR) is 58.6 cm³/mol. The van der Waals surface area contributed by atoms with E-state index in [-0.39, 0.29) is 40.1 Å². The molecule has 2 rings (SSSR count). The van der Waals surface area contributed by atoms with Gasteiger partial charge >= 0.3 is 0 Å². The summed E-state index contributed by atoms with van der Waals surface area (Å²) in [6.45, 7) is 2.32.